The number of amides is 2. The van der Waals surface area contributed by atoms with Crippen molar-refractivity contribution in [3.8, 4) is 0 Å². The molecule has 2 aromatic rings. The number of halogens is 1. The topological polar surface area (TPSA) is 80.6 Å². The third-order valence-electron chi connectivity index (χ3n) is 4.06. The van der Waals surface area contributed by atoms with Crippen molar-refractivity contribution in [1.29, 1.82) is 0 Å². The zero-order valence-electron chi connectivity index (χ0n) is 14.2. The Labute approximate surface area is 155 Å². The maximum absolute atomic E-state index is 12.6. The number of morpholine rings is 1. The van der Waals surface area contributed by atoms with Crippen molar-refractivity contribution in [2.24, 2.45) is 7.05 Å². The molecule has 0 radical (unpaired) electrons. The molecule has 0 aliphatic carbocycles. The van der Waals surface area contributed by atoms with E-state index < -0.39 is 11.5 Å². The Morgan fingerprint density at radius 3 is 2.58 bits per heavy atom. The van der Waals surface area contributed by atoms with Crippen LogP contribution < -0.4 is 10.9 Å². The summed E-state index contributed by atoms with van der Waals surface area (Å²) >= 11 is 5.89. The lowest BCUT2D eigenvalue weighted by Gasteiger charge is -2.27. The number of benzene rings is 1. The smallest absolute Gasteiger partial charge is 0.274 e. The van der Waals surface area contributed by atoms with Crippen molar-refractivity contribution < 1.29 is 14.3 Å². The SMILES string of the molecule is Cn1cc(C(=O)N2CCOCC2)cc(NC(=O)c2cccc(Cl)c2)c1=O. The molecular formula is C18H18ClN3O4. The lowest BCUT2D eigenvalue weighted by Crippen LogP contribution is -2.41. The Morgan fingerprint density at radius 1 is 1.15 bits per heavy atom. The molecule has 2 amide bonds. The number of rotatable bonds is 3. The molecule has 0 spiro atoms. The van der Waals surface area contributed by atoms with E-state index in [9.17, 15) is 14.4 Å². The largest absolute Gasteiger partial charge is 0.378 e. The van der Waals surface area contributed by atoms with Crippen molar-refractivity contribution in [1.82, 2.24) is 9.47 Å². The fraction of sp³-hybridized carbons (Fsp3) is 0.278. The monoisotopic (exact) mass is 375 g/mol. The van der Waals surface area contributed by atoms with Crippen LogP contribution in [0.1, 0.15) is 20.7 Å². The Morgan fingerprint density at radius 2 is 1.88 bits per heavy atom. The number of nitrogens with zero attached hydrogens (tertiary/aromatic N) is 2. The highest BCUT2D eigenvalue weighted by Gasteiger charge is 2.21. The molecule has 1 aromatic carbocycles. The number of pyridine rings is 1. The fourth-order valence-corrected chi connectivity index (χ4v) is 2.88. The average Bonchev–Trinajstić information content (AvgIpc) is 2.65. The molecule has 7 nitrogen and oxygen atoms in total. The van der Waals surface area contributed by atoms with E-state index in [1.165, 1.54) is 29.9 Å². The average molecular weight is 376 g/mol. The number of aryl methyl sites for hydroxylation is 1. The maximum Gasteiger partial charge on any atom is 0.274 e. The fourth-order valence-electron chi connectivity index (χ4n) is 2.69. The second kappa shape index (κ2) is 7.72. The molecule has 1 N–H and O–H groups in total. The van der Waals surface area contributed by atoms with Crippen LogP contribution in [-0.4, -0.2) is 47.6 Å². The van der Waals surface area contributed by atoms with Gasteiger partial charge in [-0.2, -0.15) is 0 Å². The lowest BCUT2D eigenvalue weighted by molar-refractivity contribution is 0.0302. The van der Waals surface area contributed by atoms with Gasteiger partial charge >= 0.3 is 0 Å². The third-order valence-corrected chi connectivity index (χ3v) is 4.30. The molecule has 1 aromatic heterocycles. The van der Waals surface area contributed by atoms with E-state index in [1.54, 1.807) is 23.1 Å². The van der Waals surface area contributed by atoms with Gasteiger partial charge in [-0.05, 0) is 24.3 Å². The van der Waals surface area contributed by atoms with Crippen LogP contribution in [0.3, 0.4) is 0 Å². The quantitative estimate of drug-likeness (QED) is 0.886. The molecule has 0 atom stereocenters. The third kappa shape index (κ3) is 3.95. The molecule has 0 saturated carbocycles. The molecule has 0 unspecified atom stereocenters. The summed E-state index contributed by atoms with van der Waals surface area (Å²) in [6, 6.07) is 7.80. The number of carbonyl (C=O) groups excluding carboxylic acids is 2. The zero-order chi connectivity index (χ0) is 18.7. The van der Waals surface area contributed by atoms with E-state index in [-0.39, 0.29) is 11.6 Å². The number of hydrogen-bond donors (Lipinski definition) is 1. The van der Waals surface area contributed by atoms with Gasteiger partial charge in [0, 0.05) is 36.9 Å². The van der Waals surface area contributed by atoms with Crippen LogP contribution in [0.5, 0.6) is 0 Å². The second-order valence-corrected chi connectivity index (χ2v) is 6.36. The van der Waals surface area contributed by atoms with Crippen LogP contribution in [-0.2, 0) is 11.8 Å². The van der Waals surface area contributed by atoms with Crippen LogP contribution in [0.2, 0.25) is 5.02 Å². The van der Waals surface area contributed by atoms with Crippen molar-refractivity contribution in [3.63, 3.8) is 0 Å². The van der Waals surface area contributed by atoms with Gasteiger partial charge in [-0.3, -0.25) is 14.4 Å². The van der Waals surface area contributed by atoms with Gasteiger partial charge in [-0.15, -0.1) is 0 Å². The van der Waals surface area contributed by atoms with Crippen molar-refractivity contribution in [2.45, 2.75) is 0 Å². The molecule has 0 bridgehead atoms. The molecule has 2 heterocycles. The van der Waals surface area contributed by atoms with Crippen molar-refractivity contribution in [2.75, 3.05) is 31.6 Å². The predicted octanol–water partition coefficient (Wildman–Crippen LogP) is 1.76. The number of ether oxygens (including phenoxy) is 1. The molecule has 26 heavy (non-hydrogen) atoms. The first kappa shape index (κ1) is 18.2. The minimum atomic E-state index is -0.472. The summed E-state index contributed by atoms with van der Waals surface area (Å²) in [5.74, 6) is -0.678. The van der Waals surface area contributed by atoms with Crippen molar-refractivity contribution >= 4 is 29.1 Å². The molecule has 136 valence electrons. The van der Waals surface area contributed by atoms with Crippen LogP contribution in [0, 0.1) is 0 Å². The number of hydrogen-bond acceptors (Lipinski definition) is 4. The Bertz CT molecular complexity index is 904. The van der Waals surface area contributed by atoms with E-state index in [0.717, 1.165) is 0 Å². The Balaban J connectivity index is 1.87. The number of aromatic nitrogens is 1. The number of anilines is 1. The molecule has 1 saturated heterocycles. The van der Waals surface area contributed by atoms with Gasteiger partial charge < -0.3 is 19.5 Å². The normalized spacial score (nSPS) is 14.2. The first-order valence-corrected chi connectivity index (χ1v) is 8.48. The second-order valence-electron chi connectivity index (χ2n) is 5.93. The number of carbonyl (C=O) groups is 2. The summed E-state index contributed by atoms with van der Waals surface area (Å²) in [5.41, 5.74) is 0.287. The molecule has 3 rings (SSSR count). The summed E-state index contributed by atoms with van der Waals surface area (Å²) in [6.07, 6.45) is 1.47. The van der Waals surface area contributed by atoms with Gasteiger partial charge in [0.25, 0.3) is 17.4 Å². The predicted molar refractivity (Wildman–Crippen MR) is 97.8 cm³/mol. The van der Waals surface area contributed by atoms with E-state index in [0.29, 0.717) is 42.5 Å². The van der Waals surface area contributed by atoms with Gasteiger partial charge in [-0.1, -0.05) is 17.7 Å². The van der Waals surface area contributed by atoms with Gasteiger partial charge in [0.05, 0.1) is 18.8 Å². The summed E-state index contributed by atoms with van der Waals surface area (Å²) in [6.45, 7) is 1.95. The minimum Gasteiger partial charge on any atom is -0.378 e. The first-order valence-electron chi connectivity index (χ1n) is 8.10. The Hall–Kier alpha value is -2.64. The van der Waals surface area contributed by atoms with E-state index in [1.807, 2.05) is 0 Å². The highest BCUT2D eigenvalue weighted by molar-refractivity contribution is 6.31. The minimum absolute atomic E-state index is 0.0385. The van der Waals surface area contributed by atoms with Gasteiger partial charge in [0.15, 0.2) is 0 Å². The van der Waals surface area contributed by atoms with Crippen LogP contribution in [0.4, 0.5) is 5.69 Å². The molecule has 1 fully saturated rings. The van der Waals surface area contributed by atoms with Gasteiger partial charge in [0.1, 0.15) is 5.69 Å². The molecular weight excluding hydrogens is 358 g/mol. The Kier molecular flexibility index (Phi) is 5.39. The highest BCUT2D eigenvalue weighted by Crippen LogP contribution is 2.14. The lowest BCUT2D eigenvalue weighted by atomic mass is 10.2. The summed E-state index contributed by atoms with van der Waals surface area (Å²) in [5, 5.41) is 2.98. The van der Waals surface area contributed by atoms with Crippen LogP contribution in [0.15, 0.2) is 41.3 Å². The maximum atomic E-state index is 12.6. The van der Waals surface area contributed by atoms with Crippen LogP contribution >= 0.6 is 11.6 Å². The van der Waals surface area contributed by atoms with Gasteiger partial charge in [0.2, 0.25) is 0 Å². The highest BCUT2D eigenvalue weighted by atomic mass is 35.5. The summed E-state index contributed by atoms with van der Waals surface area (Å²) in [4.78, 5) is 39.0. The summed E-state index contributed by atoms with van der Waals surface area (Å²) < 4.78 is 6.53. The van der Waals surface area contributed by atoms with E-state index in [4.69, 9.17) is 16.3 Å². The number of nitrogens with one attached hydrogen (secondary N) is 1. The van der Waals surface area contributed by atoms with Crippen LogP contribution in [0.25, 0.3) is 0 Å². The molecule has 1 aliphatic rings. The van der Waals surface area contributed by atoms with E-state index >= 15 is 0 Å². The molecule has 8 heteroatoms. The molecule has 1 aliphatic heterocycles. The first-order chi connectivity index (χ1) is 12.5. The summed E-state index contributed by atoms with van der Waals surface area (Å²) in [7, 11) is 1.54. The van der Waals surface area contributed by atoms with E-state index in [2.05, 4.69) is 5.32 Å². The van der Waals surface area contributed by atoms with Crippen molar-refractivity contribution in [3.05, 3.63) is 63.0 Å². The standard InChI is InChI=1S/C18H18ClN3O4/c1-21-11-13(17(24)22-5-7-26-8-6-22)10-15(18(21)25)20-16(23)12-3-2-4-14(19)9-12/h2-4,9-11H,5-8H2,1H3,(H,20,23). The van der Waals surface area contributed by atoms with Gasteiger partial charge in [-0.25, -0.2) is 0 Å². The zero-order valence-corrected chi connectivity index (χ0v) is 15.0.